The van der Waals surface area contributed by atoms with Crippen molar-refractivity contribution in [1.29, 1.82) is 0 Å². The van der Waals surface area contributed by atoms with Crippen molar-refractivity contribution in [2.24, 2.45) is 56.7 Å². The number of hydrogen-bond donors (Lipinski definition) is 6. The third kappa shape index (κ3) is 5.69. The average molecular weight is 735 g/mol. The summed E-state index contributed by atoms with van der Waals surface area (Å²) in [6.45, 7) is 21.1. The van der Waals surface area contributed by atoms with Gasteiger partial charge in [0.25, 0.3) is 0 Å². The molecule has 5 aliphatic carbocycles. The number of ether oxygens (including phenoxy) is 4. The molecule has 4 saturated carbocycles. The molecule has 52 heavy (non-hydrogen) atoms. The molecule has 2 aliphatic heterocycles. The van der Waals surface area contributed by atoms with Crippen LogP contribution in [0.1, 0.15) is 120 Å². The Morgan fingerprint density at radius 1 is 0.673 bits per heavy atom. The molecule has 6 N–H and O–H groups in total. The lowest BCUT2D eigenvalue weighted by atomic mass is 9.33. The third-order valence-corrected chi connectivity index (χ3v) is 17.5. The maximum absolute atomic E-state index is 10.8. The summed E-state index contributed by atoms with van der Waals surface area (Å²) >= 11 is 0. The highest BCUT2D eigenvalue weighted by Crippen LogP contribution is 2.76. The maximum atomic E-state index is 10.8. The predicted octanol–water partition coefficient (Wildman–Crippen LogP) is 4.70. The third-order valence-electron chi connectivity index (χ3n) is 17.5. The van der Waals surface area contributed by atoms with Gasteiger partial charge in [0, 0.05) is 5.41 Å². The van der Waals surface area contributed by atoms with Gasteiger partial charge in [-0.05, 0) is 123 Å². The monoisotopic (exact) mass is 734 g/mol. The van der Waals surface area contributed by atoms with Crippen molar-refractivity contribution in [1.82, 2.24) is 0 Å². The van der Waals surface area contributed by atoms with Crippen LogP contribution in [0.5, 0.6) is 0 Å². The second kappa shape index (κ2) is 13.5. The zero-order valence-electron chi connectivity index (χ0n) is 33.2. The SMILES string of the molecule is C[C@H]1[C@H](C)CC[C@]2(CO[C@@H]3O[C@@H](C)[C@H](O)[C@@H](O)[C@H]3O)CC[C@]3(C)C(=CC[C@@H]4[C@@]5(C)CC[C@H](O[C@@H]6O[C@@H](C)[C@H](O)[C@@H](O)[C@H]6O)C(C)(C)[C@@H]5CC[C@]43C)[C@H]12. The maximum Gasteiger partial charge on any atom is 0.186 e. The molecule has 0 aromatic heterocycles. The van der Waals surface area contributed by atoms with Gasteiger partial charge in [-0.3, -0.25) is 0 Å². The normalized spacial score (nSPS) is 57.5. The van der Waals surface area contributed by atoms with Crippen LogP contribution in [-0.2, 0) is 18.9 Å². The summed E-state index contributed by atoms with van der Waals surface area (Å²) in [5.41, 5.74) is 1.58. The Morgan fingerprint density at radius 3 is 1.94 bits per heavy atom. The first-order valence-corrected chi connectivity index (χ1v) is 20.6. The van der Waals surface area contributed by atoms with Gasteiger partial charge in [0.15, 0.2) is 12.6 Å². The smallest absolute Gasteiger partial charge is 0.186 e. The Kier molecular flexibility index (Phi) is 10.3. The summed E-state index contributed by atoms with van der Waals surface area (Å²) in [5.74, 6) is 2.33. The van der Waals surface area contributed by atoms with Gasteiger partial charge in [-0.25, -0.2) is 0 Å². The molecule has 6 fully saturated rings. The molecule has 298 valence electrons. The lowest BCUT2D eigenvalue weighted by Gasteiger charge is -2.72. The van der Waals surface area contributed by atoms with Gasteiger partial charge in [-0.2, -0.15) is 0 Å². The van der Waals surface area contributed by atoms with Crippen molar-refractivity contribution in [2.45, 2.75) is 188 Å². The first-order valence-electron chi connectivity index (χ1n) is 20.6. The Balaban J connectivity index is 1.15. The van der Waals surface area contributed by atoms with E-state index in [0.29, 0.717) is 36.2 Å². The Hall–Kier alpha value is -0.660. The molecule has 0 amide bonds. The molecule has 10 nitrogen and oxygen atoms in total. The van der Waals surface area contributed by atoms with E-state index >= 15 is 0 Å². The Bertz CT molecular complexity index is 1360. The lowest BCUT2D eigenvalue weighted by molar-refractivity contribution is -0.324. The van der Waals surface area contributed by atoms with Gasteiger partial charge in [0.05, 0.1) is 24.9 Å². The minimum absolute atomic E-state index is 0.0315. The van der Waals surface area contributed by atoms with E-state index in [1.165, 1.54) is 0 Å². The van der Waals surface area contributed by atoms with Crippen LogP contribution in [0.2, 0.25) is 0 Å². The first-order chi connectivity index (χ1) is 24.2. The highest BCUT2D eigenvalue weighted by Gasteiger charge is 2.69. The van der Waals surface area contributed by atoms with Crippen LogP contribution in [0.25, 0.3) is 0 Å². The molecule has 10 heteroatoms. The summed E-state index contributed by atoms with van der Waals surface area (Å²) in [7, 11) is 0. The van der Waals surface area contributed by atoms with E-state index < -0.39 is 61.4 Å². The molecule has 0 bridgehead atoms. The van der Waals surface area contributed by atoms with E-state index in [4.69, 9.17) is 18.9 Å². The van der Waals surface area contributed by atoms with Crippen LogP contribution in [0, 0.1) is 56.7 Å². The van der Waals surface area contributed by atoms with Crippen molar-refractivity contribution in [3.05, 3.63) is 11.6 Å². The van der Waals surface area contributed by atoms with Crippen LogP contribution in [0.4, 0.5) is 0 Å². The van der Waals surface area contributed by atoms with Gasteiger partial charge in [0.1, 0.15) is 36.6 Å². The lowest BCUT2D eigenvalue weighted by Crippen LogP contribution is -2.66. The summed E-state index contributed by atoms with van der Waals surface area (Å²) in [5, 5.41) is 63.2. The van der Waals surface area contributed by atoms with Crippen molar-refractivity contribution < 1.29 is 49.6 Å². The van der Waals surface area contributed by atoms with Crippen LogP contribution in [0.15, 0.2) is 11.6 Å². The van der Waals surface area contributed by atoms with Gasteiger partial charge in [-0.1, -0.05) is 60.1 Å². The van der Waals surface area contributed by atoms with Crippen LogP contribution >= 0.6 is 0 Å². The van der Waals surface area contributed by atoms with E-state index in [1.807, 2.05) is 0 Å². The Labute approximate surface area is 311 Å². The first kappa shape index (κ1) is 39.6. The summed E-state index contributed by atoms with van der Waals surface area (Å²) in [6.07, 6.45) is 1.24. The summed E-state index contributed by atoms with van der Waals surface area (Å²) < 4.78 is 24.9. The highest BCUT2D eigenvalue weighted by atomic mass is 16.7. The molecule has 7 rings (SSSR count). The number of hydrogen-bond acceptors (Lipinski definition) is 10. The van der Waals surface area contributed by atoms with E-state index in [0.717, 1.165) is 57.8 Å². The molecule has 0 radical (unpaired) electrons. The van der Waals surface area contributed by atoms with E-state index in [2.05, 4.69) is 54.5 Å². The number of aliphatic hydroxyl groups is 6. The minimum atomic E-state index is -1.31. The topological polar surface area (TPSA) is 158 Å². The van der Waals surface area contributed by atoms with Gasteiger partial charge >= 0.3 is 0 Å². The van der Waals surface area contributed by atoms with E-state index in [9.17, 15) is 30.6 Å². The number of aliphatic hydroxyl groups excluding tert-OH is 6. The zero-order chi connectivity index (χ0) is 37.9. The van der Waals surface area contributed by atoms with E-state index in [-0.39, 0.29) is 33.2 Å². The molecule has 0 aromatic rings. The fourth-order valence-corrected chi connectivity index (χ4v) is 13.8. The summed E-state index contributed by atoms with van der Waals surface area (Å²) in [4.78, 5) is 0. The van der Waals surface area contributed by atoms with Crippen molar-refractivity contribution >= 4 is 0 Å². The summed E-state index contributed by atoms with van der Waals surface area (Å²) in [6, 6.07) is 0. The van der Waals surface area contributed by atoms with Crippen LogP contribution in [0.3, 0.4) is 0 Å². The molecular weight excluding hydrogens is 664 g/mol. The second-order valence-electron chi connectivity index (χ2n) is 20.2. The molecule has 20 atom stereocenters. The molecule has 2 heterocycles. The standard InChI is InChI=1S/C42H70O10/c1-21-12-17-42(20-49-36-34(47)32(45)30(43)23(3)50-36)19-18-40(8)25(29(42)22(21)2)10-11-27-39(7)15-14-28(38(5,6)26(39)13-16-41(27,40)9)52-37-35(48)33(46)31(44)24(4)51-37/h10,21-24,26-37,43-48H,11-20H2,1-9H3/t21-,22+,23+,24+,26+,27-,28+,29+,30+,31+,32-,33-,34-,35-,36-,37+,39+,40-,41-,42-/m1/s1. The largest absolute Gasteiger partial charge is 0.388 e. The molecule has 0 unspecified atom stereocenters. The van der Waals surface area contributed by atoms with Crippen LogP contribution in [-0.4, -0.2) is 105 Å². The molecular formula is C42H70O10. The van der Waals surface area contributed by atoms with Gasteiger partial charge in [0.2, 0.25) is 0 Å². The number of allylic oxidation sites excluding steroid dienone is 2. The molecule has 0 aromatic carbocycles. The predicted molar refractivity (Wildman–Crippen MR) is 195 cm³/mol. The average Bonchev–Trinajstić information content (AvgIpc) is 3.09. The van der Waals surface area contributed by atoms with Gasteiger partial charge in [-0.15, -0.1) is 0 Å². The fourth-order valence-electron chi connectivity index (χ4n) is 13.8. The second-order valence-corrected chi connectivity index (χ2v) is 20.2. The molecule has 0 spiro atoms. The Morgan fingerprint density at radius 2 is 1.29 bits per heavy atom. The fraction of sp³-hybridized carbons (Fsp3) is 0.952. The quantitative estimate of drug-likeness (QED) is 0.173. The van der Waals surface area contributed by atoms with Crippen molar-refractivity contribution in [3.63, 3.8) is 0 Å². The zero-order valence-corrected chi connectivity index (χ0v) is 33.2. The number of fused-ring (bicyclic) bond motifs is 7. The van der Waals surface area contributed by atoms with Crippen molar-refractivity contribution in [3.8, 4) is 0 Å². The number of rotatable bonds is 5. The molecule has 7 aliphatic rings. The van der Waals surface area contributed by atoms with Crippen molar-refractivity contribution in [2.75, 3.05) is 6.61 Å². The highest BCUT2D eigenvalue weighted by molar-refractivity contribution is 5.34. The molecule has 2 saturated heterocycles. The minimum Gasteiger partial charge on any atom is -0.388 e. The van der Waals surface area contributed by atoms with E-state index in [1.54, 1.807) is 19.4 Å². The van der Waals surface area contributed by atoms with Crippen LogP contribution < -0.4 is 0 Å². The van der Waals surface area contributed by atoms with Gasteiger partial charge < -0.3 is 49.6 Å².